The van der Waals surface area contributed by atoms with Crippen molar-refractivity contribution in [1.29, 1.82) is 0 Å². The molecule has 2 rings (SSSR count). The van der Waals surface area contributed by atoms with Gasteiger partial charge in [-0.25, -0.2) is 0 Å². The molecule has 2 aromatic rings. The lowest BCUT2D eigenvalue weighted by Gasteiger charge is -2.14. The van der Waals surface area contributed by atoms with Gasteiger partial charge in [0, 0.05) is 25.0 Å². The van der Waals surface area contributed by atoms with Gasteiger partial charge in [-0.15, -0.1) is 0 Å². The number of halogens is 2. The molecule has 2 N–H and O–H groups in total. The summed E-state index contributed by atoms with van der Waals surface area (Å²) in [4.78, 5) is 4.11. The number of phenols is 1. The minimum Gasteiger partial charge on any atom is -0.506 e. The molecule has 0 radical (unpaired) electrons. The van der Waals surface area contributed by atoms with Gasteiger partial charge >= 0.3 is 0 Å². The van der Waals surface area contributed by atoms with Crippen molar-refractivity contribution in [2.75, 3.05) is 0 Å². The SMILES string of the molecule is C[C@@H](NCc1cc(Br)c(O)c(Br)c1)c1cccnc1. The average Bonchev–Trinajstić information content (AvgIpc) is 2.43. The maximum atomic E-state index is 9.66. The summed E-state index contributed by atoms with van der Waals surface area (Å²) in [5.74, 6) is 0.226. The van der Waals surface area contributed by atoms with Crippen LogP contribution in [0.25, 0.3) is 0 Å². The highest BCUT2D eigenvalue weighted by Gasteiger charge is 2.08. The van der Waals surface area contributed by atoms with E-state index in [1.807, 2.05) is 30.5 Å². The number of benzene rings is 1. The fourth-order valence-corrected chi connectivity index (χ4v) is 3.02. The Kier molecular flexibility index (Phi) is 4.96. The monoisotopic (exact) mass is 384 g/mol. The first kappa shape index (κ1) is 14.5. The van der Waals surface area contributed by atoms with Gasteiger partial charge in [0.2, 0.25) is 0 Å². The highest BCUT2D eigenvalue weighted by Crippen LogP contribution is 2.33. The van der Waals surface area contributed by atoms with E-state index >= 15 is 0 Å². The molecule has 0 fully saturated rings. The van der Waals surface area contributed by atoms with E-state index in [1.54, 1.807) is 6.20 Å². The van der Waals surface area contributed by atoms with Gasteiger partial charge < -0.3 is 10.4 Å². The quantitative estimate of drug-likeness (QED) is 0.830. The van der Waals surface area contributed by atoms with Gasteiger partial charge in [0.1, 0.15) is 5.75 Å². The highest BCUT2D eigenvalue weighted by molar-refractivity contribution is 9.11. The predicted molar refractivity (Wildman–Crippen MR) is 83.0 cm³/mol. The van der Waals surface area contributed by atoms with Crippen LogP contribution in [-0.4, -0.2) is 10.1 Å². The number of hydrogen-bond donors (Lipinski definition) is 2. The Bertz CT molecular complexity index is 538. The van der Waals surface area contributed by atoms with Gasteiger partial charge in [-0.05, 0) is 68.1 Å². The molecule has 5 heteroatoms. The second kappa shape index (κ2) is 6.50. The van der Waals surface area contributed by atoms with Crippen LogP contribution in [0.4, 0.5) is 0 Å². The normalized spacial score (nSPS) is 12.4. The van der Waals surface area contributed by atoms with Crippen LogP contribution >= 0.6 is 31.9 Å². The van der Waals surface area contributed by atoms with Crippen LogP contribution in [0.1, 0.15) is 24.1 Å². The molecule has 0 unspecified atom stereocenters. The summed E-state index contributed by atoms with van der Waals surface area (Å²) in [6.07, 6.45) is 3.63. The van der Waals surface area contributed by atoms with E-state index in [0.717, 1.165) is 11.1 Å². The first-order valence-electron chi connectivity index (χ1n) is 5.88. The van der Waals surface area contributed by atoms with Crippen molar-refractivity contribution in [1.82, 2.24) is 10.3 Å². The molecule has 0 bridgehead atoms. The van der Waals surface area contributed by atoms with Crippen molar-refractivity contribution in [3.63, 3.8) is 0 Å². The number of nitrogens with zero attached hydrogens (tertiary/aromatic N) is 1. The topological polar surface area (TPSA) is 45.1 Å². The van der Waals surface area contributed by atoms with Crippen molar-refractivity contribution in [2.45, 2.75) is 19.5 Å². The number of nitrogens with one attached hydrogen (secondary N) is 1. The molecule has 1 aromatic carbocycles. The maximum Gasteiger partial charge on any atom is 0.143 e. The van der Waals surface area contributed by atoms with Gasteiger partial charge in [-0.3, -0.25) is 4.98 Å². The Morgan fingerprint density at radius 2 is 2.00 bits per heavy atom. The van der Waals surface area contributed by atoms with Crippen molar-refractivity contribution in [3.05, 3.63) is 56.7 Å². The number of phenolic OH excluding ortho intramolecular Hbond substituents is 1. The third-order valence-electron chi connectivity index (χ3n) is 2.87. The fraction of sp³-hybridized carbons (Fsp3) is 0.214. The summed E-state index contributed by atoms with van der Waals surface area (Å²) in [7, 11) is 0. The van der Waals surface area contributed by atoms with Crippen LogP contribution in [0.2, 0.25) is 0 Å². The molecule has 0 spiro atoms. The molecule has 3 nitrogen and oxygen atoms in total. The van der Waals surface area contributed by atoms with Crippen molar-refractivity contribution < 1.29 is 5.11 Å². The third kappa shape index (κ3) is 3.78. The van der Waals surface area contributed by atoms with Crippen LogP contribution in [0, 0.1) is 0 Å². The molecule has 1 aromatic heterocycles. The number of pyridine rings is 1. The highest BCUT2D eigenvalue weighted by atomic mass is 79.9. The lowest BCUT2D eigenvalue weighted by atomic mass is 10.1. The van der Waals surface area contributed by atoms with Crippen LogP contribution in [0.3, 0.4) is 0 Å². The summed E-state index contributed by atoms with van der Waals surface area (Å²) in [5, 5.41) is 13.1. The number of aromatic nitrogens is 1. The Hall–Kier alpha value is -0.910. The van der Waals surface area contributed by atoms with Crippen LogP contribution in [0.5, 0.6) is 5.75 Å². The van der Waals surface area contributed by atoms with Crippen molar-refractivity contribution in [3.8, 4) is 5.75 Å². The second-order valence-electron chi connectivity index (χ2n) is 4.30. The molecular weight excluding hydrogens is 372 g/mol. The predicted octanol–water partition coefficient (Wildman–Crippen LogP) is 4.16. The van der Waals surface area contributed by atoms with E-state index < -0.39 is 0 Å². The summed E-state index contributed by atoms with van der Waals surface area (Å²) < 4.78 is 1.38. The van der Waals surface area contributed by atoms with Crippen molar-refractivity contribution in [2.24, 2.45) is 0 Å². The smallest absolute Gasteiger partial charge is 0.143 e. The molecule has 1 atom stereocenters. The van der Waals surface area contributed by atoms with Crippen LogP contribution in [0.15, 0.2) is 45.6 Å². The van der Waals surface area contributed by atoms with E-state index in [0.29, 0.717) is 15.5 Å². The number of hydrogen-bond acceptors (Lipinski definition) is 3. The lowest BCUT2D eigenvalue weighted by Crippen LogP contribution is -2.18. The number of aromatic hydroxyl groups is 1. The molecule has 0 aliphatic heterocycles. The molecule has 19 heavy (non-hydrogen) atoms. The minimum absolute atomic E-state index is 0.222. The lowest BCUT2D eigenvalue weighted by molar-refractivity contribution is 0.467. The van der Waals surface area contributed by atoms with E-state index in [4.69, 9.17) is 0 Å². The molecule has 0 saturated heterocycles. The Labute approximate surface area is 129 Å². The molecule has 1 heterocycles. The Balaban J connectivity index is 2.03. The molecule has 100 valence electrons. The molecule has 0 amide bonds. The molecule has 0 aliphatic rings. The van der Waals surface area contributed by atoms with Gasteiger partial charge in [-0.2, -0.15) is 0 Å². The summed E-state index contributed by atoms with van der Waals surface area (Å²) in [5.41, 5.74) is 2.24. The largest absolute Gasteiger partial charge is 0.506 e. The molecule has 0 saturated carbocycles. The molecular formula is C14H14Br2N2O. The first-order chi connectivity index (χ1) is 9.08. The zero-order valence-corrected chi connectivity index (χ0v) is 13.6. The Morgan fingerprint density at radius 1 is 1.32 bits per heavy atom. The minimum atomic E-state index is 0.222. The average molecular weight is 386 g/mol. The summed E-state index contributed by atoms with van der Waals surface area (Å²) in [6.45, 7) is 2.81. The van der Waals surface area contributed by atoms with Gasteiger partial charge in [-0.1, -0.05) is 6.07 Å². The van der Waals surface area contributed by atoms with E-state index in [1.165, 1.54) is 0 Å². The third-order valence-corrected chi connectivity index (χ3v) is 4.08. The van der Waals surface area contributed by atoms with Gasteiger partial charge in [0.05, 0.1) is 8.95 Å². The summed E-state index contributed by atoms with van der Waals surface area (Å²) >= 11 is 6.66. The zero-order valence-electron chi connectivity index (χ0n) is 10.4. The van der Waals surface area contributed by atoms with Crippen LogP contribution in [-0.2, 0) is 6.54 Å². The molecule has 0 aliphatic carbocycles. The Morgan fingerprint density at radius 3 is 2.58 bits per heavy atom. The standard InChI is InChI=1S/C14H14Br2N2O/c1-9(11-3-2-4-17-8-11)18-7-10-5-12(15)14(19)13(16)6-10/h2-6,8-9,18-19H,7H2,1H3/t9-/m1/s1. The van der Waals surface area contributed by atoms with Gasteiger partial charge in [0.25, 0.3) is 0 Å². The second-order valence-corrected chi connectivity index (χ2v) is 6.01. The van der Waals surface area contributed by atoms with Gasteiger partial charge in [0.15, 0.2) is 0 Å². The zero-order chi connectivity index (χ0) is 13.8. The van der Waals surface area contributed by atoms with E-state index in [-0.39, 0.29) is 11.8 Å². The number of rotatable bonds is 4. The van der Waals surface area contributed by atoms with E-state index in [2.05, 4.69) is 49.1 Å². The fourth-order valence-electron chi connectivity index (χ4n) is 1.74. The van der Waals surface area contributed by atoms with E-state index in [9.17, 15) is 5.11 Å². The maximum absolute atomic E-state index is 9.66. The van der Waals surface area contributed by atoms with Crippen LogP contribution < -0.4 is 5.32 Å². The first-order valence-corrected chi connectivity index (χ1v) is 7.46. The summed E-state index contributed by atoms with van der Waals surface area (Å²) in [6, 6.07) is 8.01. The van der Waals surface area contributed by atoms with Crippen molar-refractivity contribution >= 4 is 31.9 Å².